The molecule has 6 heteroatoms. The number of allylic oxidation sites excluding steroid dienone is 2. The Morgan fingerprint density at radius 3 is 2.15 bits per heavy atom. The molecule has 2 aliphatic carbocycles. The van der Waals surface area contributed by atoms with Gasteiger partial charge in [0.15, 0.2) is 0 Å². The third kappa shape index (κ3) is 2.35. The van der Waals surface area contributed by atoms with Gasteiger partial charge in [0.25, 0.3) is 0 Å². The molecule has 4 atom stereocenters. The number of imide groups is 1. The summed E-state index contributed by atoms with van der Waals surface area (Å²) in [5.74, 6) is -1.66. The van der Waals surface area contributed by atoms with Crippen molar-refractivity contribution in [1.82, 2.24) is 0 Å². The molecule has 2 saturated heterocycles. The fourth-order valence-corrected chi connectivity index (χ4v) is 5.38. The summed E-state index contributed by atoms with van der Waals surface area (Å²) in [5.41, 5.74) is 1.34. The van der Waals surface area contributed by atoms with Crippen molar-refractivity contribution in [2.75, 3.05) is 22.9 Å². The summed E-state index contributed by atoms with van der Waals surface area (Å²) < 4.78 is 0. The molecule has 27 heavy (non-hydrogen) atoms. The Labute approximate surface area is 157 Å². The highest BCUT2D eigenvalue weighted by molar-refractivity contribution is 6.24. The van der Waals surface area contributed by atoms with Gasteiger partial charge in [-0.05, 0) is 55.7 Å². The fourth-order valence-electron chi connectivity index (χ4n) is 5.38. The second-order valence-corrected chi connectivity index (χ2v) is 8.07. The van der Waals surface area contributed by atoms with Gasteiger partial charge in [-0.25, -0.2) is 9.69 Å². The van der Waals surface area contributed by atoms with Crippen molar-refractivity contribution < 1.29 is 19.5 Å². The number of amides is 2. The number of carbonyl (C=O) groups is 3. The lowest BCUT2D eigenvalue weighted by molar-refractivity contribution is -0.123. The predicted octanol–water partition coefficient (Wildman–Crippen LogP) is 2.69. The topological polar surface area (TPSA) is 77.9 Å². The van der Waals surface area contributed by atoms with E-state index in [0.29, 0.717) is 5.69 Å². The van der Waals surface area contributed by atoms with Crippen LogP contribution in [0.2, 0.25) is 0 Å². The Kier molecular flexibility index (Phi) is 3.64. The first kappa shape index (κ1) is 16.5. The standard InChI is InChI=1S/C21H22N2O4/c24-19-17-12-4-5-13(10-12)18(17)20(25)23(19)16-11-14(21(26)27)6-7-15(16)22-8-2-1-3-9-22/h4-7,11-13,17-18H,1-3,8-10H2,(H,26,27)/t12-,13+,17-,18+. The van der Waals surface area contributed by atoms with Gasteiger partial charge in [-0.2, -0.15) is 0 Å². The summed E-state index contributed by atoms with van der Waals surface area (Å²) in [6.45, 7) is 1.71. The summed E-state index contributed by atoms with van der Waals surface area (Å²) >= 11 is 0. The van der Waals surface area contributed by atoms with Crippen molar-refractivity contribution in [2.45, 2.75) is 25.7 Å². The van der Waals surface area contributed by atoms with E-state index in [1.54, 1.807) is 12.1 Å². The van der Waals surface area contributed by atoms with Gasteiger partial charge in [0.1, 0.15) is 0 Å². The van der Waals surface area contributed by atoms with Crippen LogP contribution in [-0.4, -0.2) is 36.0 Å². The molecular weight excluding hydrogens is 344 g/mol. The molecule has 2 bridgehead atoms. The van der Waals surface area contributed by atoms with Crippen LogP contribution < -0.4 is 9.80 Å². The minimum Gasteiger partial charge on any atom is -0.478 e. The summed E-state index contributed by atoms with van der Waals surface area (Å²) in [7, 11) is 0. The predicted molar refractivity (Wildman–Crippen MR) is 99.7 cm³/mol. The number of piperidine rings is 1. The van der Waals surface area contributed by atoms with E-state index in [0.717, 1.165) is 38.0 Å². The first-order valence-corrected chi connectivity index (χ1v) is 9.74. The van der Waals surface area contributed by atoms with Crippen LogP contribution in [0.4, 0.5) is 11.4 Å². The zero-order valence-corrected chi connectivity index (χ0v) is 15.0. The monoisotopic (exact) mass is 366 g/mol. The van der Waals surface area contributed by atoms with Crippen LogP contribution >= 0.6 is 0 Å². The SMILES string of the molecule is O=C(O)c1ccc(N2CCCCC2)c(N2C(=O)[C@@H]3[C@H](C2=O)[C@@H]2C=C[C@H]3C2)c1. The van der Waals surface area contributed by atoms with Crippen molar-refractivity contribution in [1.29, 1.82) is 0 Å². The number of aromatic carboxylic acids is 1. The molecule has 3 fully saturated rings. The number of rotatable bonds is 3. The van der Waals surface area contributed by atoms with Crippen molar-refractivity contribution in [3.05, 3.63) is 35.9 Å². The maximum absolute atomic E-state index is 13.2. The average molecular weight is 366 g/mol. The zero-order chi connectivity index (χ0) is 18.7. The van der Waals surface area contributed by atoms with Crippen molar-refractivity contribution in [3.8, 4) is 0 Å². The van der Waals surface area contributed by atoms with E-state index in [9.17, 15) is 19.5 Å². The highest BCUT2D eigenvalue weighted by Crippen LogP contribution is 2.54. The quantitative estimate of drug-likeness (QED) is 0.657. The average Bonchev–Trinajstić information content (AvgIpc) is 3.36. The van der Waals surface area contributed by atoms with Crippen LogP contribution in [-0.2, 0) is 9.59 Å². The molecule has 2 aliphatic heterocycles. The van der Waals surface area contributed by atoms with Gasteiger partial charge in [-0.1, -0.05) is 12.2 Å². The molecule has 2 heterocycles. The molecule has 6 nitrogen and oxygen atoms in total. The van der Waals surface area contributed by atoms with Crippen molar-refractivity contribution in [3.63, 3.8) is 0 Å². The van der Waals surface area contributed by atoms with Crippen LogP contribution in [0.1, 0.15) is 36.0 Å². The van der Waals surface area contributed by atoms with Gasteiger partial charge in [0.2, 0.25) is 11.8 Å². The smallest absolute Gasteiger partial charge is 0.335 e. The minimum atomic E-state index is -1.05. The maximum atomic E-state index is 13.2. The number of anilines is 2. The number of carboxylic acid groups (broad SMARTS) is 1. The molecule has 0 radical (unpaired) electrons. The number of benzene rings is 1. The van der Waals surface area contributed by atoms with Crippen LogP contribution in [0, 0.1) is 23.7 Å². The third-order valence-electron chi connectivity index (χ3n) is 6.63. The summed E-state index contributed by atoms with van der Waals surface area (Å²) in [4.78, 5) is 41.4. The first-order valence-electron chi connectivity index (χ1n) is 9.74. The van der Waals surface area contributed by atoms with E-state index in [1.165, 1.54) is 17.4 Å². The van der Waals surface area contributed by atoms with Gasteiger partial charge in [0.05, 0.1) is 28.8 Å². The Morgan fingerprint density at radius 1 is 0.926 bits per heavy atom. The maximum Gasteiger partial charge on any atom is 0.335 e. The largest absolute Gasteiger partial charge is 0.478 e. The highest BCUT2D eigenvalue weighted by atomic mass is 16.4. The molecular formula is C21H22N2O4. The van der Waals surface area contributed by atoms with E-state index >= 15 is 0 Å². The number of nitrogens with zero attached hydrogens (tertiary/aromatic N) is 2. The van der Waals surface area contributed by atoms with Crippen LogP contribution in [0.15, 0.2) is 30.4 Å². The van der Waals surface area contributed by atoms with Crippen LogP contribution in [0.25, 0.3) is 0 Å². The number of hydrogen-bond donors (Lipinski definition) is 1. The van der Waals surface area contributed by atoms with Gasteiger partial charge in [0, 0.05) is 13.1 Å². The number of carbonyl (C=O) groups excluding carboxylic acids is 2. The molecule has 1 N–H and O–H groups in total. The molecule has 1 aromatic rings. The number of hydrogen-bond acceptors (Lipinski definition) is 4. The van der Waals surface area contributed by atoms with E-state index in [1.807, 2.05) is 0 Å². The van der Waals surface area contributed by atoms with E-state index < -0.39 is 5.97 Å². The molecule has 4 aliphatic rings. The lowest BCUT2D eigenvalue weighted by atomic mass is 9.85. The molecule has 2 amide bonds. The van der Waals surface area contributed by atoms with Gasteiger partial charge < -0.3 is 10.0 Å². The molecule has 0 spiro atoms. The molecule has 1 aromatic carbocycles. The molecule has 0 unspecified atom stereocenters. The molecule has 1 saturated carbocycles. The second-order valence-electron chi connectivity index (χ2n) is 8.07. The summed E-state index contributed by atoms with van der Waals surface area (Å²) in [6.07, 6.45) is 8.30. The third-order valence-corrected chi connectivity index (χ3v) is 6.63. The second kappa shape index (κ2) is 5.94. The lowest BCUT2D eigenvalue weighted by Crippen LogP contribution is -2.36. The van der Waals surface area contributed by atoms with Gasteiger partial charge in [-0.3, -0.25) is 9.59 Å². The van der Waals surface area contributed by atoms with E-state index in [2.05, 4.69) is 17.1 Å². The first-order chi connectivity index (χ1) is 13.1. The molecule has 140 valence electrons. The summed E-state index contributed by atoms with van der Waals surface area (Å²) in [5, 5.41) is 9.43. The molecule has 5 rings (SSSR count). The van der Waals surface area contributed by atoms with Gasteiger partial charge in [-0.15, -0.1) is 0 Å². The number of fused-ring (bicyclic) bond motifs is 5. The highest BCUT2D eigenvalue weighted by Gasteiger charge is 2.60. The Morgan fingerprint density at radius 2 is 1.56 bits per heavy atom. The zero-order valence-electron chi connectivity index (χ0n) is 15.0. The Bertz CT molecular complexity index is 841. The fraction of sp³-hybridized carbons (Fsp3) is 0.476. The van der Waals surface area contributed by atoms with Crippen molar-refractivity contribution in [2.24, 2.45) is 23.7 Å². The summed E-state index contributed by atoms with van der Waals surface area (Å²) in [6, 6.07) is 4.82. The normalized spacial score (nSPS) is 31.7. The van der Waals surface area contributed by atoms with Crippen LogP contribution in [0.3, 0.4) is 0 Å². The lowest BCUT2D eigenvalue weighted by Gasteiger charge is -2.32. The van der Waals surface area contributed by atoms with Crippen molar-refractivity contribution >= 4 is 29.2 Å². The Balaban J connectivity index is 1.59. The molecule has 0 aromatic heterocycles. The van der Waals surface area contributed by atoms with Gasteiger partial charge >= 0.3 is 5.97 Å². The van der Waals surface area contributed by atoms with Crippen LogP contribution in [0.5, 0.6) is 0 Å². The van der Waals surface area contributed by atoms with E-state index in [4.69, 9.17) is 0 Å². The van der Waals surface area contributed by atoms with E-state index in [-0.39, 0.29) is 41.0 Å². The minimum absolute atomic E-state index is 0.101. The number of carboxylic acids is 1. The Hall–Kier alpha value is -2.63.